The van der Waals surface area contributed by atoms with E-state index in [1.54, 1.807) is 22.7 Å². The molecule has 5 nitrogen and oxygen atoms in total. The number of benzene rings is 1. The smallest absolute Gasteiger partial charge is 0.267 e. The Hall–Kier alpha value is -2.81. The first-order valence-corrected chi connectivity index (χ1v) is 11.1. The van der Waals surface area contributed by atoms with Crippen LogP contribution in [0, 0.1) is 6.92 Å². The van der Waals surface area contributed by atoms with Crippen molar-refractivity contribution in [1.29, 1.82) is 0 Å². The molecule has 28 heavy (non-hydrogen) atoms. The van der Waals surface area contributed by atoms with E-state index < -0.39 is 0 Å². The Morgan fingerprint density at radius 3 is 2.79 bits per heavy atom. The largest absolute Gasteiger partial charge is 0.321 e. The van der Waals surface area contributed by atoms with Gasteiger partial charge in [0.25, 0.3) is 5.91 Å². The fourth-order valence-corrected chi connectivity index (χ4v) is 5.42. The maximum atomic E-state index is 13.0. The molecule has 0 saturated carbocycles. The normalized spacial score (nSPS) is 11.2. The van der Waals surface area contributed by atoms with Crippen molar-refractivity contribution in [3.05, 3.63) is 70.1 Å². The average Bonchev–Trinajstić information content (AvgIpc) is 3.45. The van der Waals surface area contributed by atoms with Crippen molar-refractivity contribution in [2.45, 2.75) is 6.92 Å². The monoisotopic (exact) mass is 422 g/mol. The maximum absolute atomic E-state index is 13.0. The molecule has 0 unspecified atom stereocenters. The maximum Gasteiger partial charge on any atom is 0.267 e. The van der Waals surface area contributed by atoms with Crippen molar-refractivity contribution in [2.24, 2.45) is 0 Å². The van der Waals surface area contributed by atoms with Crippen LogP contribution in [0.3, 0.4) is 0 Å². The quantitative estimate of drug-likeness (QED) is 0.398. The number of carbonyl (C=O) groups excluding carboxylic acids is 1. The summed E-state index contributed by atoms with van der Waals surface area (Å²) in [7, 11) is 0. The van der Waals surface area contributed by atoms with Gasteiger partial charge in [0.05, 0.1) is 22.0 Å². The number of rotatable bonds is 4. The summed E-state index contributed by atoms with van der Waals surface area (Å²) in [5.74, 6) is -0.147. The minimum absolute atomic E-state index is 0.147. The van der Waals surface area contributed by atoms with Gasteiger partial charge >= 0.3 is 0 Å². The molecule has 8 heteroatoms. The molecule has 0 spiro atoms. The second-order valence-electron chi connectivity index (χ2n) is 6.13. The number of fused-ring (bicyclic) bond motifs is 1. The standard InChI is InChI=1S/C20H14N4OS3/c1-12-17(28-19(21-12)16-7-4-9-26-16)18(25)22-14-6-3-2-5-13(14)15-11-24-8-10-27-20(24)23-15/h2-11H,1H3,(H,22,25). The highest BCUT2D eigenvalue weighted by atomic mass is 32.1. The molecule has 0 aliphatic heterocycles. The Morgan fingerprint density at radius 2 is 1.96 bits per heavy atom. The Balaban J connectivity index is 1.47. The fourth-order valence-electron chi connectivity index (χ4n) is 2.96. The van der Waals surface area contributed by atoms with E-state index in [4.69, 9.17) is 0 Å². The second kappa shape index (κ2) is 6.97. The van der Waals surface area contributed by atoms with E-state index in [9.17, 15) is 4.79 Å². The highest BCUT2D eigenvalue weighted by Gasteiger charge is 2.19. The van der Waals surface area contributed by atoms with Gasteiger partial charge in [-0.1, -0.05) is 24.3 Å². The molecule has 138 valence electrons. The lowest BCUT2D eigenvalue weighted by atomic mass is 10.1. The van der Waals surface area contributed by atoms with Crippen molar-refractivity contribution in [2.75, 3.05) is 5.32 Å². The van der Waals surface area contributed by atoms with Crippen LogP contribution in [-0.2, 0) is 0 Å². The van der Waals surface area contributed by atoms with Crippen LogP contribution in [0.1, 0.15) is 15.4 Å². The van der Waals surface area contributed by atoms with Crippen LogP contribution in [-0.4, -0.2) is 20.3 Å². The molecular weight excluding hydrogens is 408 g/mol. The second-order valence-corrected chi connectivity index (χ2v) is 8.95. The summed E-state index contributed by atoms with van der Waals surface area (Å²) in [6.45, 7) is 1.87. The zero-order chi connectivity index (χ0) is 19.1. The lowest BCUT2D eigenvalue weighted by molar-refractivity contribution is 0.103. The third-order valence-corrected chi connectivity index (χ3v) is 7.25. The number of anilines is 1. The van der Waals surface area contributed by atoms with Gasteiger partial charge in [0, 0.05) is 23.3 Å². The van der Waals surface area contributed by atoms with E-state index in [0.717, 1.165) is 37.5 Å². The van der Waals surface area contributed by atoms with Gasteiger partial charge in [0.15, 0.2) is 4.96 Å². The predicted octanol–water partition coefficient (Wildman–Crippen LogP) is 5.81. The predicted molar refractivity (Wildman–Crippen MR) is 117 cm³/mol. The van der Waals surface area contributed by atoms with Crippen molar-refractivity contribution >= 4 is 50.6 Å². The lowest BCUT2D eigenvalue weighted by Crippen LogP contribution is -2.12. The van der Waals surface area contributed by atoms with Crippen LogP contribution in [0.2, 0.25) is 0 Å². The molecule has 0 aliphatic rings. The van der Waals surface area contributed by atoms with Crippen LogP contribution in [0.5, 0.6) is 0 Å². The number of nitrogens with one attached hydrogen (secondary N) is 1. The molecule has 5 aromatic rings. The van der Waals surface area contributed by atoms with E-state index in [1.165, 1.54) is 11.3 Å². The molecule has 1 N–H and O–H groups in total. The summed E-state index contributed by atoms with van der Waals surface area (Å²) < 4.78 is 1.99. The van der Waals surface area contributed by atoms with Gasteiger partial charge in [-0.2, -0.15) is 0 Å². The first-order chi connectivity index (χ1) is 13.7. The zero-order valence-corrected chi connectivity index (χ0v) is 17.2. The SMILES string of the molecule is Cc1nc(-c2cccs2)sc1C(=O)Nc1ccccc1-c1cn2ccsc2n1. The number of amides is 1. The summed E-state index contributed by atoms with van der Waals surface area (Å²) in [6.07, 6.45) is 3.95. The summed E-state index contributed by atoms with van der Waals surface area (Å²) in [5.41, 5.74) is 3.21. The van der Waals surface area contributed by atoms with Gasteiger partial charge < -0.3 is 5.32 Å². The molecule has 0 fully saturated rings. The number of hydrogen-bond acceptors (Lipinski definition) is 6. The summed E-state index contributed by atoms with van der Waals surface area (Å²) >= 11 is 4.63. The molecule has 0 radical (unpaired) electrons. The molecule has 4 heterocycles. The highest BCUT2D eigenvalue weighted by Crippen LogP contribution is 2.33. The molecule has 1 aromatic carbocycles. The van der Waals surface area contributed by atoms with Crippen molar-refractivity contribution < 1.29 is 4.79 Å². The number of hydrogen-bond donors (Lipinski definition) is 1. The molecule has 5 rings (SSSR count). The number of aromatic nitrogens is 3. The third kappa shape index (κ3) is 3.05. The molecule has 4 aromatic heterocycles. The van der Waals surface area contributed by atoms with E-state index >= 15 is 0 Å². The van der Waals surface area contributed by atoms with E-state index in [0.29, 0.717) is 4.88 Å². The fraction of sp³-hybridized carbons (Fsp3) is 0.0500. The molecule has 0 saturated heterocycles. The summed E-state index contributed by atoms with van der Waals surface area (Å²) in [4.78, 5) is 24.8. The number of thiazole rings is 2. The summed E-state index contributed by atoms with van der Waals surface area (Å²) in [5, 5.41) is 7.93. The average molecular weight is 423 g/mol. The van der Waals surface area contributed by atoms with Crippen LogP contribution >= 0.6 is 34.0 Å². The van der Waals surface area contributed by atoms with Crippen LogP contribution < -0.4 is 5.32 Å². The minimum Gasteiger partial charge on any atom is -0.321 e. The number of aryl methyl sites for hydroxylation is 1. The van der Waals surface area contributed by atoms with E-state index in [-0.39, 0.29) is 5.91 Å². The van der Waals surface area contributed by atoms with Crippen molar-refractivity contribution in [1.82, 2.24) is 14.4 Å². The zero-order valence-electron chi connectivity index (χ0n) is 14.7. The van der Waals surface area contributed by atoms with Gasteiger partial charge in [-0.3, -0.25) is 9.20 Å². The Labute approximate surface area is 173 Å². The summed E-state index contributed by atoms with van der Waals surface area (Å²) in [6, 6.07) is 11.7. The molecular formula is C20H14N4OS3. The molecule has 0 aliphatic carbocycles. The highest BCUT2D eigenvalue weighted by molar-refractivity contribution is 7.22. The Morgan fingerprint density at radius 1 is 1.07 bits per heavy atom. The lowest BCUT2D eigenvalue weighted by Gasteiger charge is -2.08. The Kier molecular flexibility index (Phi) is 4.31. The minimum atomic E-state index is -0.147. The van der Waals surface area contributed by atoms with Gasteiger partial charge in [-0.15, -0.1) is 34.0 Å². The topological polar surface area (TPSA) is 59.3 Å². The van der Waals surface area contributed by atoms with Gasteiger partial charge in [0.2, 0.25) is 0 Å². The first-order valence-electron chi connectivity index (χ1n) is 8.53. The Bertz CT molecular complexity index is 1250. The number of thiophene rings is 1. The number of nitrogens with zero attached hydrogens (tertiary/aromatic N) is 3. The van der Waals surface area contributed by atoms with Crippen LogP contribution in [0.25, 0.3) is 26.1 Å². The van der Waals surface area contributed by atoms with E-state index in [1.807, 2.05) is 70.9 Å². The number of carbonyl (C=O) groups is 1. The van der Waals surface area contributed by atoms with Gasteiger partial charge in [0.1, 0.15) is 9.88 Å². The molecule has 0 atom stereocenters. The molecule has 0 bridgehead atoms. The number of para-hydroxylation sites is 1. The number of imidazole rings is 1. The van der Waals surface area contributed by atoms with Crippen LogP contribution in [0.15, 0.2) is 59.6 Å². The van der Waals surface area contributed by atoms with Crippen molar-refractivity contribution in [3.8, 4) is 21.1 Å². The van der Waals surface area contributed by atoms with Gasteiger partial charge in [-0.05, 0) is 24.4 Å². The van der Waals surface area contributed by atoms with Crippen LogP contribution in [0.4, 0.5) is 5.69 Å². The third-order valence-electron chi connectivity index (χ3n) is 4.28. The van der Waals surface area contributed by atoms with Gasteiger partial charge in [-0.25, -0.2) is 9.97 Å². The first kappa shape index (κ1) is 17.3. The van der Waals surface area contributed by atoms with E-state index in [2.05, 4.69) is 15.3 Å². The molecule has 1 amide bonds. The van der Waals surface area contributed by atoms with Crippen molar-refractivity contribution in [3.63, 3.8) is 0 Å².